The molecule has 0 aromatic heterocycles. The van der Waals surface area contributed by atoms with Crippen LogP contribution in [0.4, 0.5) is 0 Å². The second-order valence-corrected chi connectivity index (χ2v) is 8.52. The molecule has 0 aliphatic heterocycles. The smallest absolute Gasteiger partial charge is 0.238 e. The summed E-state index contributed by atoms with van der Waals surface area (Å²) in [5, 5.41) is 16.8. The fourth-order valence-electron chi connectivity index (χ4n) is 4.04. The lowest BCUT2D eigenvalue weighted by Gasteiger charge is -2.14. The van der Waals surface area contributed by atoms with Crippen LogP contribution in [0.3, 0.4) is 0 Å². The quantitative estimate of drug-likeness (QED) is 0.722. The molecule has 0 heterocycles. The van der Waals surface area contributed by atoms with E-state index in [9.17, 15) is 13.5 Å². The third kappa shape index (κ3) is 3.08. The summed E-state index contributed by atoms with van der Waals surface area (Å²) >= 11 is 0. The summed E-state index contributed by atoms with van der Waals surface area (Å²) < 4.78 is 24.5. The van der Waals surface area contributed by atoms with E-state index in [1.54, 1.807) is 12.1 Å². The minimum atomic E-state index is -3.87. The monoisotopic (exact) mass is 379 g/mol. The highest BCUT2D eigenvalue weighted by Crippen LogP contribution is 2.40. The van der Waals surface area contributed by atoms with Crippen LogP contribution in [0.15, 0.2) is 65.1 Å². The topological polar surface area (TPSA) is 80.4 Å². The summed E-state index contributed by atoms with van der Waals surface area (Å²) in [6.07, 6.45) is 1.46. The summed E-state index contributed by atoms with van der Waals surface area (Å²) in [4.78, 5) is 0.128. The van der Waals surface area contributed by atoms with Crippen molar-refractivity contribution in [1.29, 1.82) is 0 Å². The molecule has 1 aliphatic rings. The van der Waals surface area contributed by atoms with E-state index < -0.39 is 10.0 Å². The summed E-state index contributed by atoms with van der Waals surface area (Å²) in [5.41, 5.74) is 6.14. The molecule has 4 nitrogen and oxygen atoms in total. The van der Waals surface area contributed by atoms with Crippen LogP contribution in [-0.2, 0) is 16.4 Å². The van der Waals surface area contributed by atoms with Gasteiger partial charge in [0.05, 0.1) is 4.90 Å². The number of allylic oxidation sites excluding steroid dienone is 1. The van der Waals surface area contributed by atoms with Crippen LogP contribution in [0.5, 0.6) is 0 Å². The number of fused-ring (bicyclic) bond motifs is 2. The van der Waals surface area contributed by atoms with Crippen molar-refractivity contribution in [2.24, 2.45) is 5.14 Å². The Morgan fingerprint density at radius 3 is 2.59 bits per heavy atom. The van der Waals surface area contributed by atoms with E-state index in [0.717, 1.165) is 33.9 Å². The molecule has 4 rings (SSSR count). The Bertz CT molecular complexity index is 1190. The van der Waals surface area contributed by atoms with Gasteiger partial charge >= 0.3 is 0 Å². The molecule has 1 aliphatic carbocycles. The average Bonchev–Trinajstić information content (AvgIpc) is 2.95. The Morgan fingerprint density at radius 2 is 1.85 bits per heavy atom. The van der Waals surface area contributed by atoms with Crippen LogP contribution in [0.2, 0.25) is 0 Å². The molecular formula is C22H21NO3S. The van der Waals surface area contributed by atoms with Gasteiger partial charge in [-0.3, -0.25) is 0 Å². The highest BCUT2D eigenvalue weighted by Gasteiger charge is 2.22. The summed E-state index contributed by atoms with van der Waals surface area (Å²) in [7, 11) is -3.87. The number of benzene rings is 3. The van der Waals surface area contributed by atoms with Crippen LogP contribution < -0.4 is 5.14 Å². The second kappa shape index (κ2) is 6.60. The van der Waals surface area contributed by atoms with Crippen LogP contribution >= 0.6 is 0 Å². The van der Waals surface area contributed by atoms with Gasteiger partial charge in [0.15, 0.2) is 0 Å². The normalized spacial score (nSPS) is 14.0. The van der Waals surface area contributed by atoms with Gasteiger partial charge in [0.1, 0.15) is 0 Å². The molecule has 138 valence electrons. The zero-order valence-electron chi connectivity index (χ0n) is 15.1. The van der Waals surface area contributed by atoms with Crippen molar-refractivity contribution in [2.45, 2.75) is 24.7 Å². The van der Waals surface area contributed by atoms with Gasteiger partial charge in [-0.25, -0.2) is 13.6 Å². The second-order valence-electron chi connectivity index (χ2n) is 6.99. The van der Waals surface area contributed by atoms with Crippen molar-refractivity contribution < 1.29 is 13.5 Å². The van der Waals surface area contributed by atoms with E-state index in [2.05, 4.69) is 6.92 Å². The molecular weight excluding hydrogens is 358 g/mol. The Labute approximate surface area is 159 Å². The third-order valence-electron chi connectivity index (χ3n) is 5.25. The number of aliphatic hydroxyl groups excluding tert-OH is 1. The molecule has 3 N–H and O–H groups in total. The molecule has 3 aromatic rings. The van der Waals surface area contributed by atoms with Crippen LogP contribution in [0.1, 0.15) is 24.5 Å². The standard InChI is InChI=1S/C22H21NO3S/c1-14-12-16-6-7-17(13-20(16)18(14)10-11-24)22-19-5-3-2-4-15(19)8-9-21(22)27(23,25)26/h2-9,13,24H,10-12H2,1H3,(H2,23,25,26). The van der Waals surface area contributed by atoms with Crippen molar-refractivity contribution in [1.82, 2.24) is 0 Å². The van der Waals surface area contributed by atoms with Gasteiger partial charge in [-0.1, -0.05) is 48.0 Å². The Kier molecular flexibility index (Phi) is 4.38. The maximum atomic E-state index is 12.3. The molecule has 5 heteroatoms. The van der Waals surface area contributed by atoms with E-state index in [1.165, 1.54) is 11.1 Å². The minimum Gasteiger partial charge on any atom is -0.396 e. The highest BCUT2D eigenvalue weighted by atomic mass is 32.2. The lowest BCUT2D eigenvalue weighted by atomic mass is 9.94. The van der Waals surface area contributed by atoms with E-state index in [0.29, 0.717) is 12.0 Å². The Balaban J connectivity index is 2.02. The zero-order chi connectivity index (χ0) is 19.2. The molecule has 0 saturated heterocycles. The van der Waals surface area contributed by atoms with Gasteiger partial charge in [0, 0.05) is 12.2 Å². The molecule has 0 unspecified atom stereocenters. The molecule has 0 spiro atoms. The first-order valence-electron chi connectivity index (χ1n) is 8.88. The molecule has 0 amide bonds. The fourth-order valence-corrected chi connectivity index (χ4v) is 4.81. The van der Waals surface area contributed by atoms with Gasteiger partial charge in [-0.2, -0.15) is 0 Å². The first-order valence-corrected chi connectivity index (χ1v) is 10.4. The SMILES string of the molecule is CC1=C(CCO)c2cc(-c3c(S(N)(=O)=O)ccc4ccccc34)ccc2C1. The molecule has 0 fully saturated rings. The fraction of sp³-hybridized carbons (Fsp3) is 0.182. The number of sulfonamides is 1. The number of hydrogen-bond donors (Lipinski definition) is 2. The third-order valence-corrected chi connectivity index (χ3v) is 6.21. The first kappa shape index (κ1) is 17.9. The molecule has 27 heavy (non-hydrogen) atoms. The predicted octanol–water partition coefficient (Wildman–Crippen LogP) is 3.87. The number of nitrogens with two attached hydrogens (primary N) is 1. The maximum Gasteiger partial charge on any atom is 0.238 e. The summed E-state index contributed by atoms with van der Waals surface area (Å²) in [6.45, 7) is 2.17. The van der Waals surface area contributed by atoms with Gasteiger partial charge < -0.3 is 5.11 Å². The lowest BCUT2D eigenvalue weighted by Crippen LogP contribution is -2.13. The van der Waals surface area contributed by atoms with Gasteiger partial charge in [0.25, 0.3) is 0 Å². The van der Waals surface area contributed by atoms with E-state index in [1.807, 2.05) is 42.5 Å². The van der Waals surface area contributed by atoms with Crippen molar-refractivity contribution in [3.05, 3.63) is 71.3 Å². The minimum absolute atomic E-state index is 0.0903. The van der Waals surface area contributed by atoms with Gasteiger partial charge in [0.2, 0.25) is 10.0 Å². The predicted molar refractivity (Wildman–Crippen MR) is 109 cm³/mol. The van der Waals surface area contributed by atoms with Crippen LogP contribution in [-0.4, -0.2) is 20.1 Å². The number of aliphatic hydroxyl groups is 1. The highest BCUT2D eigenvalue weighted by molar-refractivity contribution is 7.89. The largest absolute Gasteiger partial charge is 0.396 e. The number of hydrogen-bond acceptors (Lipinski definition) is 3. The zero-order valence-corrected chi connectivity index (χ0v) is 15.9. The van der Waals surface area contributed by atoms with Crippen molar-refractivity contribution in [2.75, 3.05) is 6.61 Å². The number of primary sulfonamides is 1. The molecule has 0 saturated carbocycles. The van der Waals surface area contributed by atoms with Crippen molar-refractivity contribution >= 4 is 26.4 Å². The molecule has 0 bridgehead atoms. The molecule has 0 radical (unpaired) electrons. The van der Waals surface area contributed by atoms with Crippen LogP contribution in [0.25, 0.3) is 27.5 Å². The summed E-state index contributed by atoms with van der Waals surface area (Å²) in [6, 6.07) is 17.1. The average molecular weight is 379 g/mol. The maximum absolute atomic E-state index is 12.3. The molecule has 3 aromatic carbocycles. The van der Waals surface area contributed by atoms with Crippen LogP contribution in [0, 0.1) is 0 Å². The van der Waals surface area contributed by atoms with Gasteiger partial charge in [-0.05, 0) is 64.9 Å². The summed E-state index contributed by atoms with van der Waals surface area (Å²) in [5.74, 6) is 0. The Morgan fingerprint density at radius 1 is 1.07 bits per heavy atom. The number of rotatable bonds is 4. The first-order chi connectivity index (χ1) is 12.9. The molecule has 0 atom stereocenters. The lowest BCUT2D eigenvalue weighted by molar-refractivity contribution is 0.305. The van der Waals surface area contributed by atoms with E-state index in [-0.39, 0.29) is 11.5 Å². The van der Waals surface area contributed by atoms with Gasteiger partial charge in [-0.15, -0.1) is 0 Å². The van der Waals surface area contributed by atoms with E-state index >= 15 is 0 Å². The van der Waals surface area contributed by atoms with Crippen molar-refractivity contribution in [3.8, 4) is 11.1 Å². The van der Waals surface area contributed by atoms with Crippen molar-refractivity contribution in [3.63, 3.8) is 0 Å². The Hall–Kier alpha value is -2.47. The van der Waals surface area contributed by atoms with E-state index in [4.69, 9.17) is 5.14 Å².